The molecule has 3 rings (SSSR count). The molecule has 0 spiro atoms. The molecule has 19 heavy (non-hydrogen) atoms. The van der Waals surface area contributed by atoms with Gasteiger partial charge in [0.2, 0.25) is 0 Å². The summed E-state index contributed by atoms with van der Waals surface area (Å²) in [5.41, 5.74) is 8.10. The number of anilines is 2. The molecule has 6 heteroatoms. The largest absolute Gasteiger partial charge is 0.443 e. The van der Waals surface area contributed by atoms with E-state index in [9.17, 15) is 0 Å². The number of rotatable bonds is 3. The Bertz CT molecular complexity index is 709. The molecule has 2 aromatic heterocycles. The van der Waals surface area contributed by atoms with Gasteiger partial charge in [0.1, 0.15) is 17.2 Å². The molecule has 0 aliphatic carbocycles. The third-order valence-electron chi connectivity index (χ3n) is 2.92. The summed E-state index contributed by atoms with van der Waals surface area (Å²) in [5.74, 6) is 1.40. The van der Waals surface area contributed by atoms with Crippen molar-refractivity contribution >= 4 is 22.6 Å². The van der Waals surface area contributed by atoms with Crippen LogP contribution in [0.4, 0.5) is 11.5 Å². The smallest absolute Gasteiger partial charge is 0.181 e. The van der Waals surface area contributed by atoms with Gasteiger partial charge in [0, 0.05) is 25.0 Å². The van der Waals surface area contributed by atoms with E-state index in [1.807, 2.05) is 36.2 Å². The molecule has 0 aliphatic heterocycles. The Labute approximate surface area is 109 Å². The molecule has 3 aromatic rings. The number of hydrogen-bond acceptors (Lipinski definition) is 6. The normalized spacial score (nSPS) is 10.8. The molecule has 0 saturated carbocycles. The lowest BCUT2D eigenvalue weighted by molar-refractivity contribution is 0.602. The summed E-state index contributed by atoms with van der Waals surface area (Å²) in [5, 5.41) is 0. The first kappa shape index (κ1) is 11.6. The molecule has 2 N–H and O–H groups in total. The predicted octanol–water partition coefficient (Wildman–Crippen LogP) is 1.84. The zero-order valence-corrected chi connectivity index (χ0v) is 10.4. The van der Waals surface area contributed by atoms with Gasteiger partial charge in [-0.25, -0.2) is 15.0 Å². The zero-order valence-electron chi connectivity index (χ0n) is 10.4. The predicted molar refractivity (Wildman–Crippen MR) is 72.0 cm³/mol. The first-order valence-electron chi connectivity index (χ1n) is 5.87. The number of fused-ring (bicyclic) bond motifs is 1. The van der Waals surface area contributed by atoms with E-state index in [0.717, 1.165) is 22.6 Å². The molecule has 0 unspecified atom stereocenters. The Morgan fingerprint density at radius 1 is 1.26 bits per heavy atom. The summed E-state index contributed by atoms with van der Waals surface area (Å²) in [6.45, 7) is 0.322. The van der Waals surface area contributed by atoms with Crippen LogP contribution in [0.2, 0.25) is 0 Å². The molecule has 6 nitrogen and oxygen atoms in total. The minimum atomic E-state index is 0.322. The van der Waals surface area contributed by atoms with Gasteiger partial charge in [0.05, 0.1) is 6.54 Å². The van der Waals surface area contributed by atoms with E-state index in [4.69, 9.17) is 10.2 Å². The maximum absolute atomic E-state index is 5.55. The second kappa shape index (κ2) is 4.66. The fourth-order valence-electron chi connectivity index (χ4n) is 1.86. The van der Waals surface area contributed by atoms with Crippen LogP contribution in [0.5, 0.6) is 0 Å². The highest BCUT2D eigenvalue weighted by molar-refractivity contribution is 5.78. The van der Waals surface area contributed by atoms with Gasteiger partial charge in [-0.1, -0.05) is 0 Å². The molecule has 0 aliphatic rings. The maximum atomic E-state index is 5.55. The molecule has 96 valence electrons. The van der Waals surface area contributed by atoms with Gasteiger partial charge in [-0.15, -0.1) is 0 Å². The minimum Gasteiger partial charge on any atom is -0.443 e. The molecule has 0 atom stereocenters. The van der Waals surface area contributed by atoms with Gasteiger partial charge in [-0.2, -0.15) is 0 Å². The Morgan fingerprint density at radius 3 is 3.00 bits per heavy atom. The fraction of sp³-hybridized carbons (Fsp3) is 0.154. The SMILES string of the molecule is CN(c1ccc2ncoc2c1)c1ccnc(CN)n1. The van der Waals surface area contributed by atoms with Crippen molar-refractivity contribution in [1.82, 2.24) is 15.0 Å². The van der Waals surface area contributed by atoms with Gasteiger partial charge in [-0.3, -0.25) is 0 Å². The third kappa shape index (κ3) is 2.13. The summed E-state index contributed by atoms with van der Waals surface area (Å²) in [7, 11) is 1.93. The molecular formula is C13H13N5O. The van der Waals surface area contributed by atoms with Crippen LogP contribution in [0.25, 0.3) is 11.1 Å². The molecule has 2 heterocycles. The average molecular weight is 255 g/mol. The van der Waals surface area contributed by atoms with Crippen LogP contribution in [-0.4, -0.2) is 22.0 Å². The van der Waals surface area contributed by atoms with Crippen molar-refractivity contribution in [2.24, 2.45) is 5.73 Å². The van der Waals surface area contributed by atoms with E-state index in [2.05, 4.69) is 15.0 Å². The fourth-order valence-corrected chi connectivity index (χ4v) is 1.86. The van der Waals surface area contributed by atoms with E-state index in [1.54, 1.807) is 6.20 Å². The first-order valence-corrected chi connectivity index (χ1v) is 5.87. The quantitative estimate of drug-likeness (QED) is 0.769. The van der Waals surface area contributed by atoms with E-state index < -0.39 is 0 Å². The van der Waals surface area contributed by atoms with Gasteiger partial charge in [0.25, 0.3) is 0 Å². The van der Waals surface area contributed by atoms with E-state index in [-0.39, 0.29) is 0 Å². The molecule has 0 bridgehead atoms. The van der Waals surface area contributed by atoms with Crippen LogP contribution in [-0.2, 0) is 6.54 Å². The van der Waals surface area contributed by atoms with Crippen LogP contribution in [0.15, 0.2) is 41.3 Å². The molecule has 1 aromatic carbocycles. The van der Waals surface area contributed by atoms with Crippen molar-refractivity contribution in [2.45, 2.75) is 6.54 Å². The van der Waals surface area contributed by atoms with Crippen molar-refractivity contribution < 1.29 is 4.42 Å². The van der Waals surface area contributed by atoms with E-state index in [0.29, 0.717) is 12.4 Å². The summed E-state index contributed by atoms with van der Waals surface area (Å²) in [6.07, 6.45) is 3.14. The van der Waals surface area contributed by atoms with E-state index in [1.165, 1.54) is 6.39 Å². The van der Waals surface area contributed by atoms with Crippen LogP contribution >= 0.6 is 0 Å². The molecule has 0 fully saturated rings. The lowest BCUT2D eigenvalue weighted by Gasteiger charge is -2.18. The molecule has 0 amide bonds. The van der Waals surface area contributed by atoms with Gasteiger partial charge in [0.15, 0.2) is 12.0 Å². The van der Waals surface area contributed by atoms with Gasteiger partial charge < -0.3 is 15.1 Å². The zero-order chi connectivity index (χ0) is 13.2. The second-order valence-electron chi connectivity index (χ2n) is 4.10. The van der Waals surface area contributed by atoms with E-state index >= 15 is 0 Å². The number of benzene rings is 1. The van der Waals surface area contributed by atoms with Crippen LogP contribution in [0.1, 0.15) is 5.82 Å². The van der Waals surface area contributed by atoms with Crippen molar-refractivity contribution in [3.8, 4) is 0 Å². The summed E-state index contributed by atoms with van der Waals surface area (Å²) in [6, 6.07) is 7.64. The van der Waals surface area contributed by atoms with Crippen molar-refractivity contribution in [2.75, 3.05) is 11.9 Å². The topological polar surface area (TPSA) is 81.1 Å². The first-order chi connectivity index (χ1) is 9.28. The van der Waals surface area contributed by atoms with Crippen LogP contribution in [0.3, 0.4) is 0 Å². The summed E-state index contributed by atoms with van der Waals surface area (Å²) in [4.78, 5) is 14.5. The Kier molecular flexibility index (Phi) is 2.85. The second-order valence-corrected chi connectivity index (χ2v) is 4.10. The molecular weight excluding hydrogens is 242 g/mol. The number of hydrogen-bond donors (Lipinski definition) is 1. The Hall–Kier alpha value is -2.47. The lowest BCUT2D eigenvalue weighted by atomic mass is 10.2. The highest BCUT2D eigenvalue weighted by atomic mass is 16.3. The standard InChI is InChI=1S/C13H13N5O/c1-18(13-4-5-15-12(7-14)17-13)9-2-3-10-11(6-9)19-8-16-10/h2-6,8H,7,14H2,1H3. The Morgan fingerprint density at radius 2 is 2.16 bits per heavy atom. The van der Waals surface area contributed by atoms with Gasteiger partial charge in [-0.05, 0) is 18.2 Å². The number of aromatic nitrogens is 3. The number of nitrogens with zero attached hydrogens (tertiary/aromatic N) is 4. The summed E-state index contributed by atoms with van der Waals surface area (Å²) >= 11 is 0. The maximum Gasteiger partial charge on any atom is 0.181 e. The number of nitrogens with two attached hydrogens (primary N) is 1. The number of oxazole rings is 1. The summed E-state index contributed by atoms with van der Waals surface area (Å²) < 4.78 is 5.30. The Balaban J connectivity index is 1.99. The monoisotopic (exact) mass is 255 g/mol. The minimum absolute atomic E-state index is 0.322. The molecule has 0 radical (unpaired) electrons. The average Bonchev–Trinajstić information content (AvgIpc) is 2.94. The van der Waals surface area contributed by atoms with Crippen molar-refractivity contribution in [1.29, 1.82) is 0 Å². The lowest BCUT2D eigenvalue weighted by Crippen LogP contribution is -2.13. The molecule has 0 saturated heterocycles. The highest BCUT2D eigenvalue weighted by Gasteiger charge is 2.08. The van der Waals surface area contributed by atoms with Crippen molar-refractivity contribution in [3.63, 3.8) is 0 Å². The van der Waals surface area contributed by atoms with Crippen molar-refractivity contribution in [3.05, 3.63) is 42.7 Å². The van der Waals surface area contributed by atoms with Crippen LogP contribution in [0, 0.1) is 0 Å². The van der Waals surface area contributed by atoms with Gasteiger partial charge >= 0.3 is 0 Å². The third-order valence-corrected chi connectivity index (χ3v) is 2.92. The van der Waals surface area contributed by atoms with Crippen LogP contribution < -0.4 is 10.6 Å². The highest BCUT2D eigenvalue weighted by Crippen LogP contribution is 2.25.